The SMILES string of the molecule is Oc1c(Br)cc(Br)cc1Oc1ccc(Br)cc1. The average molecular weight is 423 g/mol. The zero-order valence-corrected chi connectivity index (χ0v) is 13.2. The van der Waals surface area contributed by atoms with Crippen molar-refractivity contribution in [2.24, 2.45) is 0 Å². The predicted molar refractivity (Wildman–Crippen MR) is 77.7 cm³/mol. The smallest absolute Gasteiger partial charge is 0.172 e. The molecule has 2 rings (SSSR count). The highest BCUT2D eigenvalue weighted by atomic mass is 79.9. The van der Waals surface area contributed by atoms with Crippen molar-refractivity contribution < 1.29 is 9.84 Å². The second kappa shape index (κ2) is 5.42. The molecule has 0 atom stereocenters. The van der Waals surface area contributed by atoms with Crippen LogP contribution in [0.3, 0.4) is 0 Å². The van der Waals surface area contributed by atoms with Crippen LogP contribution in [-0.4, -0.2) is 5.11 Å². The van der Waals surface area contributed by atoms with Gasteiger partial charge in [-0.15, -0.1) is 0 Å². The van der Waals surface area contributed by atoms with Crippen molar-refractivity contribution in [1.82, 2.24) is 0 Å². The van der Waals surface area contributed by atoms with Crippen molar-refractivity contribution in [3.05, 3.63) is 49.8 Å². The van der Waals surface area contributed by atoms with Crippen LogP contribution in [0, 0.1) is 0 Å². The van der Waals surface area contributed by atoms with Gasteiger partial charge in [-0.3, -0.25) is 0 Å². The topological polar surface area (TPSA) is 29.5 Å². The van der Waals surface area contributed by atoms with Gasteiger partial charge in [0, 0.05) is 8.95 Å². The Kier molecular flexibility index (Phi) is 4.12. The quantitative estimate of drug-likeness (QED) is 0.695. The number of hydrogen-bond acceptors (Lipinski definition) is 2. The molecular formula is C12H7Br3O2. The Hall–Kier alpha value is -0.520. The van der Waals surface area contributed by atoms with Crippen LogP contribution in [0.25, 0.3) is 0 Å². The summed E-state index contributed by atoms with van der Waals surface area (Å²) in [6, 6.07) is 10.8. The van der Waals surface area contributed by atoms with Crippen LogP contribution < -0.4 is 4.74 Å². The largest absolute Gasteiger partial charge is 0.503 e. The Bertz CT molecular complexity index is 538. The van der Waals surface area contributed by atoms with Crippen molar-refractivity contribution >= 4 is 47.8 Å². The van der Waals surface area contributed by atoms with Crippen LogP contribution in [0.1, 0.15) is 0 Å². The third-order valence-electron chi connectivity index (χ3n) is 2.03. The number of hydrogen-bond donors (Lipinski definition) is 1. The van der Waals surface area contributed by atoms with Gasteiger partial charge in [0.25, 0.3) is 0 Å². The Morgan fingerprint density at radius 3 is 2.18 bits per heavy atom. The fraction of sp³-hybridized carbons (Fsp3) is 0. The highest BCUT2D eigenvalue weighted by Crippen LogP contribution is 2.39. The van der Waals surface area contributed by atoms with E-state index in [0.29, 0.717) is 16.0 Å². The van der Waals surface area contributed by atoms with Crippen LogP contribution in [0.2, 0.25) is 0 Å². The number of phenols is 1. The number of benzene rings is 2. The third kappa shape index (κ3) is 3.24. The standard InChI is InChI=1S/C12H7Br3O2/c13-7-1-3-9(4-2-7)17-11-6-8(14)5-10(15)12(11)16/h1-6,16H. The molecule has 88 valence electrons. The van der Waals surface area contributed by atoms with Crippen molar-refractivity contribution in [1.29, 1.82) is 0 Å². The molecule has 0 aliphatic carbocycles. The summed E-state index contributed by atoms with van der Waals surface area (Å²) in [5.74, 6) is 1.14. The number of ether oxygens (including phenoxy) is 1. The second-order valence-electron chi connectivity index (χ2n) is 3.29. The lowest BCUT2D eigenvalue weighted by molar-refractivity contribution is 0.408. The van der Waals surface area contributed by atoms with Gasteiger partial charge in [-0.05, 0) is 52.3 Å². The van der Waals surface area contributed by atoms with Gasteiger partial charge < -0.3 is 9.84 Å². The monoisotopic (exact) mass is 420 g/mol. The van der Waals surface area contributed by atoms with E-state index in [1.165, 1.54) is 0 Å². The van der Waals surface area contributed by atoms with Gasteiger partial charge in [0.05, 0.1) is 4.47 Å². The summed E-state index contributed by atoms with van der Waals surface area (Å²) in [6.45, 7) is 0. The van der Waals surface area contributed by atoms with Crippen LogP contribution >= 0.6 is 47.8 Å². The fourth-order valence-electron chi connectivity index (χ4n) is 1.25. The maximum Gasteiger partial charge on any atom is 0.172 e. The summed E-state index contributed by atoms with van der Waals surface area (Å²) in [5, 5.41) is 9.84. The van der Waals surface area contributed by atoms with Crippen LogP contribution in [-0.2, 0) is 0 Å². The molecule has 17 heavy (non-hydrogen) atoms. The van der Waals surface area contributed by atoms with Crippen molar-refractivity contribution in [2.75, 3.05) is 0 Å². The molecule has 0 saturated heterocycles. The van der Waals surface area contributed by atoms with Gasteiger partial charge in [0.1, 0.15) is 5.75 Å². The molecule has 0 unspecified atom stereocenters. The summed E-state index contributed by atoms with van der Waals surface area (Å²) in [4.78, 5) is 0. The fourth-order valence-corrected chi connectivity index (χ4v) is 2.70. The average Bonchev–Trinajstić information content (AvgIpc) is 2.28. The Morgan fingerprint density at radius 2 is 1.53 bits per heavy atom. The molecule has 5 heteroatoms. The lowest BCUT2D eigenvalue weighted by atomic mass is 10.3. The molecule has 0 fully saturated rings. The van der Waals surface area contributed by atoms with Crippen molar-refractivity contribution in [3.8, 4) is 17.2 Å². The first kappa shape index (κ1) is 12.9. The highest BCUT2D eigenvalue weighted by Gasteiger charge is 2.09. The number of rotatable bonds is 2. The Balaban J connectivity index is 2.32. The van der Waals surface area contributed by atoms with E-state index in [9.17, 15) is 5.11 Å². The van der Waals surface area contributed by atoms with Crippen LogP contribution in [0.4, 0.5) is 0 Å². The number of aromatic hydroxyl groups is 1. The lowest BCUT2D eigenvalue weighted by Gasteiger charge is -2.09. The van der Waals surface area contributed by atoms with E-state index in [4.69, 9.17) is 4.74 Å². The summed E-state index contributed by atoms with van der Waals surface area (Å²) in [6.07, 6.45) is 0. The molecule has 0 amide bonds. The molecule has 0 aliphatic rings. The molecule has 0 aromatic heterocycles. The maximum atomic E-state index is 9.84. The Labute approximate surface area is 124 Å². The summed E-state index contributed by atoms with van der Waals surface area (Å²) in [7, 11) is 0. The van der Waals surface area contributed by atoms with E-state index in [-0.39, 0.29) is 5.75 Å². The van der Waals surface area contributed by atoms with E-state index in [0.717, 1.165) is 8.95 Å². The van der Waals surface area contributed by atoms with Crippen molar-refractivity contribution in [3.63, 3.8) is 0 Å². The van der Waals surface area contributed by atoms with Gasteiger partial charge in [-0.25, -0.2) is 0 Å². The summed E-state index contributed by atoms with van der Waals surface area (Å²) < 4.78 is 7.98. The third-order valence-corrected chi connectivity index (χ3v) is 3.63. The van der Waals surface area contributed by atoms with E-state index < -0.39 is 0 Å². The summed E-state index contributed by atoms with van der Waals surface area (Å²) >= 11 is 9.95. The van der Waals surface area contributed by atoms with E-state index in [1.54, 1.807) is 12.1 Å². The highest BCUT2D eigenvalue weighted by molar-refractivity contribution is 9.11. The first-order valence-electron chi connectivity index (χ1n) is 4.67. The lowest BCUT2D eigenvalue weighted by Crippen LogP contribution is -1.85. The molecule has 0 bridgehead atoms. The predicted octanol–water partition coefficient (Wildman–Crippen LogP) is 5.47. The van der Waals surface area contributed by atoms with E-state index >= 15 is 0 Å². The van der Waals surface area contributed by atoms with Crippen LogP contribution in [0.5, 0.6) is 17.2 Å². The van der Waals surface area contributed by atoms with Gasteiger partial charge in [-0.1, -0.05) is 31.9 Å². The van der Waals surface area contributed by atoms with Gasteiger partial charge in [0.15, 0.2) is 11.5 Å². The van der Waals surface area contributed by atoms with E-state index in [1.807, 2.05) is 24.3 Å². The first-order chi connectivity index (χ1) is 8.06. The van der Waals surface area contributed by atoms with Crippen LogP contribution in [0.15, 0.2) is 49.8 Å². The molecule has 0 aliphatic heterocycles. The normalized spacial score (nSPS) is 10.3. The molecule has 0 heterocycles. The maximum absolute atomic E-state index is 9.84. The van der Waals surface area contributed by atoms with Crippen molar-refractivity contribution in [2.45, 2.75) is 0 Å². The first-order valence-corrected chi connectivity index (χ1v) is 7.05. The number of halogens is 3. The molecule has 2 aromatic carbocycles. The van der Waals surface area contributed by atoms with Gasteiger partial charge >= 0.3 is 0 Å². The van der Waals surface area contributed by atoms with Gasteiger partial charge in [0.2, 0.25) is 0 Å². The minimum atomic E-state index is 0.0797. The minimum Gasteiger partial charge on any atom is -0.503 e. The van der Waals surface area contributed by atoms with E-state index in [2.05, 4.69) is 47.8 Å². The Morgan fingerprint density at radius 1 is 0.882 bits per heavy atom. The zero-order chi connectivity index (χ0) is 12.4. The zero-order valence-electron chi connectivity index (χ0n) is 8.45. The molecule has 0 radical (unpaired) electrons. The number of phenolic OH excluding ortho intramolecular Hbond substituents is 1. The molecule has 2 nitrogen and oxygen atoms in total. The summed E-state index contributed by atoms with van der Waals surface area (Å²) in [5.41, 5.74) is 0. The molecule has 0 saturated carbocycles. The second-order valence-corrected chi connectivity index (χ2v) is 5.98. The minimum absolute atomic E-state index is 0.0797. The molecule has 2 aromatic rings. The molecule has 1 N–H and O–H groups in total. The molecular weight excluding hydrogens is 416 g/mol. The molecule has 0 spiro atoms. The van der Waals surface area contributed by atoms with Gasteiger partial charge in [-0.2, -0.15) is 0 Å².